The lowest BCUT2D eigenvalue weighted by atomic mass is 9.99. The van der Waals surface area contributed by atoms with Crippen LogP contribution in [0.1, 0.15) is 41.5 Å². The van der Waals surface area contributed by atoms with E-state index in [1.54, 1.807) is 16.0 Å². The Morgan fingerprint density at radius 1 is 1.29 bits per heavy atom. The molecule has 4 rings (SSSR count). The van der Waals surface area contributed by atoms with E-state index in [1.165, 1.54) is 11.3 Å². The standard InChI is InChI=1S/C17H18N4OS2/c1-20-9-7-12(19-20)14-5-2-3-8-21(14)17(22)13-11-24-16(18-13)15-6-4-10-23-15/h4,6-7,9-11,14H,2-3,5,8H2,1H3/t14-/m1/s1. The number of amides is 1. The van der Waals surface area contributed by atoms with Crippen LogP contribution in [0.25, 0.3) is 9.88 Å². The molecular weight excluding hydrogens is 340 g/mol. The highest BCUT2D eigenvalue weighted by Crippen LogP contribution is 2.33. The molecule has 3 aromatic heterocycles. The van der Waals surface area contributed by atoms with Crippen LogP contribution in [0, 0.1) is 0 Å². The molecule has 1 fully saturated rings. The van der Waals surface area contributed by atoms with Crippen LogP contribution in [0.3, 0.4) is 0 Å². The van der Waals surface area contributed by atoms with Crippen molar-refractivity contribution in [1.29, 1.82) is 0 Å². The number of aryl methyl sites for hydroxylation is 1. The van der Waals surface area contributed by atoms with Gasteiger partial charge in [0.2, 0.25) is 0 Å². The number of piperidine rings is 1. The van der Waals surface area contributed by atoms with E-state index in [2.05, 4.69) is 10.1 Å². The fourth-order valence-electron chi connectivity index (χ4n) is 3.13. The lowest BCUT2D eigenvalue weighted by molar-refractivity contribution is 0.0600. The molecule has 0 N–H and O–H groups in total. The number of nitrogens with zero attached hydrogens (tertiary/aromatic N) is 4. The smallest absolute Gasteiger partial charge is 0.273 e. The Hall–Kier alpha value is -1.99. The van der Waals surface area contributed by atoms with E-state index in [0.717, 1.165) is 41.4 Å². The van der Waals surface area contributed by atoms with Gasteiger partial charge in [0, 0.05) is 25.2 Å². The van der Waals surface area contributed by atoms with E-state index < -0.39 is 0 Å². The monoisotopic (exact) mass is 358 g/mol. The zero-order valence-electron chi connectivity index (χ0n) is 13.4. The minimum absolute atomic E-state index is 0.0180. The predicted octanol–water partition coefficient (Wildman–Crippen LogP) is 3.97. The summed E-state index contributed by atoms with van der Waals surface area (Å²) in [5.74, 6) is 0.0180. The third-order valence-electron chi connectivity index (χ3n) is 4.29. The molecule has 1 aliphatic rings. The van der Waals surface area contributed by atoms with Crippen LogP contribution >= 0.6 is 22.7 Å². The highest BCUT2D eigenvalue weighted by molar-refractivity contribution is 7.20. The molecule has 1 atom stereocenters. The molecule has 0 aromatic carbocycles. The maximum atomic E-state index is 13.0. The minimum atomic E-state index is 0.0180. The quantitative estimate of drug-likeness (QED) is 0.712. The van der Waals surface area contributed by atoms with E-state index in [0.29, 0.717) is 5.69 Å². The van der Waals surface area contributed by atoms with Gasteiger partial charge >= 0.3 is 0 Å². The third-order valence-corrected chi connectivity index (χ3v) is 6.18. The molecule has 3 aromatic rings. The van der Waals surface area contributed by atoms with E-state index in [9.17, 15) is 4.79 Å². The van der Waals surface area contributed by atoms with E-state index in [-0.39, 0.29) is 11.9 Å². The summed E-state index contributed by atoms with van der Waals surface area (Å²) in [7, 11) is 1.91. The number of hydrogen-bond donors (Lipinski definition) is 0. The first-order chi connectivity index (χ1) is 11.7. The lowest BCUT2D eigenvalue weighted by Gasteiger charge is -2.34. The average Bonchev–Trinajstić information content (AvgIpc) is 3.34. The van der Waals surface area contributed by atoms with Gasteiger partial charge in [-0.2, -0.15) is 5.10 Å². The van der Waals surface area contributed by atoms with Gasteiger partial charge in [0.25, 0.3) is 5.91 Å². The molecule has 0 spiro atoms. The maximum Gasteiger partial charge on any atom is 0.273 e. The number of aromatic nitrogens is 3. The van der Waals surface area contributed by atoms with Crippen molar-refractivity contribution in [3.63, 3.8) is 0 Å². The summed E-state index contributed by atoms with van der Waals surface area (Å²) in [4.78, 5) is 20.6. The molecule has 24 heavy (non-hydrogen) atoms. The highest BCUT2D eigenvalue weighted by Gasteiger charge is 2.31. The molecule has 0 radical (unpaired) electrons. The molecule has 0 aliphatic carbocycles. The van der Waals surface area contributed by atoms with Crippen molar-refractivity contribution in [2.24, 2.45) is 7.05 Å². The summed E-state index contributed by atoms with van der Waals surface area (Å²) in [6, 6.07) is 6.10. The summed E-state index contributed by atoms with van der Waals surface area (Å²) >= 11 is 3.18. The summed E-state index contributed by atoms with van der Waals surface area (Å²) in [5.41, 5.74) is 1.52. The number of thiophene rings is 1. The maximum absolute atomic E-state index is 13.0. The molecule has 0 saturated carbocycles. The van der Waals surface area contributed by atoms with Crippen molar-refractivity contribution in [2.45, 2.75) is 25.3 Å². The Morgan fingerprint density at radius 2 is 2.21 bits per heavy atom. The average molecular weight is 358 g/mol. The Balaban J connectivity index is 1.60. The van der Waals surface area contributed by atoms with Crippen molar-refractivity contribution in [3.05, 3.63) is 46.5 Å². The number of carbonyl (C=O) groups excluding carboxylic acids is 1. The van der Waals surface area contributed by atoms with Crippen molar-refractivity contribution >= 4 is 28.6 Å². The molecule has 5 nitrogen and oxygen atoms in total. The number of likely N-dealkylation sites (tertiary alicyclic amines) is 1. The van der Waals surface area contributed by atoms with Gasteiger partial charge in [-0.15, -0.1) is 22.7 Å². The van der Waals surface area contributed by atoms with E-state index in [4.69, 9.17) is 0 Å². The summed E-state index contributed by atoms with van der Waals surface area (Å²) in [5, 5.41) is 9.33. The second kappa shape index (κ2) is 6.49. The van der Waals surface area contributed by atoms with Gasteiger partial charge in [0.1, 0.15) is 10.7 Å². The number of carbonyl (C=O) groups is 1. The minimum Gasteiger partial charge on any atom is -0.329 e. The summed E-state index contributed by atoms with van der Waals surface area (Å²) in [6.45, 7) is 0.770. The zero-order chi connectivity index (χ0) is 16.5. The molecule has 4 heterocycles. The first-order valence-corrected chi connectivity index (χ1v) is 9.78. The van der Waals surface area contributed by atoms with Crippen molar-refractivity contribution in [1.82, 2.24) is 19.7 Å². The first-order valence-electron chi connectivity index (χ1n) is 8.02. The fourth-order valence-corrected chi connectivity index (χ4v) is 4.73. The van der Waals surface area contributed by atoms with Crippen molar-refractivity contribution in [3.8, 4) is 9.88 Å². The topological polar surface area (TPSA) is 51.0 Å². The van der Waals surface area contributed by atoms with Crippen LogP contribution in [0.4, 0.5) is 0 Å². The first kappa shape index (κ1) is 15.5. The predicted molar refractivity (Wildman–Crippen MR) is 96.3 cm³/mol. The van der Waals surface area contributed by atoms with Gasteiger partial charge < -0.3 is 4.90 Å². The fraction of sp³-hybridized carbons (Fsp3) is 0.353. The van der Waals surface area contributed by atoms with Crippen molar-refractivity contribution in [2.75, 3.05) is 6.54 Å². The van der Waals surface area contributed by atoms with Gasteiger partial charge in [-0.3, -0.25) is 9.48 Å². The van der Waals surface area contributed by atoms with Crippen LogP contribution in [0.5, 0.6) is 0 Å². The van der Waals surface area contributed by atoms with E-state index >= 15 is 0 Å². The van der Waals surface area contributed by atoms with Gasteiger partial charge in [-0.05, 0) is 36.8 Å². The molecule has 1 amide bonds. The van der Waals surface area contributed by atoms with Crippen LogP contribution in [0.2, 0.25) is 0 Å². The molecule has 0 bridgehead atoms. The van der Waals surface area contributed by atoms with Gasteiger partial charge in [-0.1, -0.05) is 6.07 Å². The third kappa shape index (κ3) is 2.89. The van der Waals surface area contributed by atoms with Gasteiger partial charge in [0.15, 0.2) is 0 Å². The van der Waals surface area contributed by atoms with Gasteiger partial charge in [0.05, 0.1) is 16.6 Å². The van der Waals surface area contributed by atoms with Crippen LogP contribution in [-0.2, 0) is 7.05 Å². The Labute approximate surface area is 148 Å². The largest absolute Gasteiger partial charge is 0.329 e. The summed E-state index contributed by atoms with van der Waals surface area (Å²) in [6.07, 6.45) is 5.06. The van der Waals surface area contributed by atoms with Crippen LogP contribution in [-0.4, -0.2) is 32.1 Å². The van der Waals surface area contributed by atoms with Gasteiger partial charge in [-0.25, -0.2) is 4.98 Å². The Kier molecular flexibility index (Phi) is 4.20. The van der Waals surface area contributed by atoms with E-state index in [1.807, 2.05) is 47.1 Å². The number of thiazole rings is 1. The van der Waals surface area contributed by atoms with Crippen LogP contribution < -0.4 is 0 Å². The molecule has 7 heteroatoms. The molecule has 1 aliphatic heterocycles. The highest BCUT2D eigenvalue weighted by atomic mass is 32.1. The van der Waals surface area contributed by atoms with Crippen molar-refractivity contribution < 1.29 is 4.79 Å². The second-order valence-corrected chi connectivity index (χ2v) is 7.75. The molecular formula is C17H18N4OS2. The number of hydrogen-bond acceptors (Lipinski definition) is 5. The zero-order valence-corrected chi connectivity index (χ0v) is 15.0. The SMILES string of the molecule is Cn1ccc([C@H]2CCCCN2C(=O)c2csc(-c3cccs3)n2)n1. The summed E-state index contributed by atoms with van der Waals surface area (Å²) < 4.78 is 1.80. The molecule has 124 valence electrons. The molecule has 0 unspecified atom stereocenters. The Morgan fingerprint density at radius 3 is 2.96 bits per heavy atom. The molecule has 1 saturated heterocycles. The Bertz CT molecular complexity index is 837. The lowest BCUT2D eigenvalue weighted by Crippen LogP contribution is -2.38. The number of rotatable bonds is 3. The normalized spacial score (nSPS) is 18.0. The second-order valence-electron chi connectivity index (χ2n) is 5.94. The van der Waals surface area contributed by atoms with Crippen LogP contribution in [0.15, 0.2) is 35.2 Å².